The molecular weight excluding hydrogens is 370 g/mol. The van der Waals surface area contributed by atoms with Crippen LogP contribution in [0.1, 0.15) is 36.0 Å². The smallest absolute Gasteiger partial charge is 0.336 e. The zero-order valence-corrected chi connectivity index (χ0v) is 15.9. The molecule has 0 bridgehead atoms. The normalized spacial score (nSPS) is 20.1. The first-order valence-electron chi connectivity index (χ1n) is 9.05. The van der Waals surface area contributed by atoms with E-state index in [4.69, 9.17) is 9.15 Å². The maximum atomic E-state index is 12.5. The number of nitrogens with zero attached hydrogens (tertiary/aromatic N) is 1. The van der Waals surface area contributed by atoms with E-state index in [1.165, 1.54) is 21.5 Å². The fourth-order valence-electron chi connectivity index (χ4n) is 4.03. The largest absolute Gasteiger partial charge is 0.460 e. The molecule has 1 saturated heterocycles. The predicted molar refractivity (Wildman–Crippen MR) is 98.9 cm³/mol. The maximum Gasteiger partial charge on any atom is 0.336 e. The number of sulfonamides is 1. The monoisotopic (exact) mass is 391 g/mol. The number of aryl methyl sites for hydroxylation is 2. The van der Waals surface area contributed by atoms with E-state index in [0.29, 0.717) is 30.5 Å². The van der Waals surface area contributed by atoms with Crippen LogP contribution in [0.15, 0.2) is 27.4 Å². The standard InChI is InChI=1S/C19H21NO6S/c1-27(23,24)20-7-3-6-16(20)19(22)25-11-14-10-18(21)26-17-9-13-5-2-4-12(13)8-15(14)17/h8-10,16H,2-7,11H2,1H3. The molecule has 144 valence electrons. The van der Waals surface area contributed by atoms with Crippen LogP contribution in [0.3, 0.4) is 0 Å². The third-order valence-corrected chi connectivity index (χ3v) is 6.60. The van der Waals surface area contributed by atoms with Crippen molar-refractivity contribution < 1.29 is 22.4 Å². The molecule has 8 heteroatoms. The molecule has 0 N–H and O–H groups in total. The summed E-state index contributed by atoms with van der Waals surface area (Å²) < 4.78 is 35.5. The van der Waals surface area contributed by atoms with Crippen molar-refractivity contribution in [2.75, 3.05) is 12.8 Å². The number of rotatable bonds is 4. The lowest BCUT2D eigenvalue weighted by molar-refractivity contribution is -0.148. The number of fused-ring (bicyclic) bond motifs is 2. The van der Waals surface area contributed by atoms with E-state index in [0.717, 1.165) is 30.9 Å². The van der Waals surface area contributed by atoms with Crippen LogP contribution >= 0.6 is 0 Å². The van der Waals surface area contributed by atoms with Gasteiger partial charge in [0.15, 0.2) is 0 Å². The van der Waals surface area contributed by atoms with Crippen LogP contribution in [0.25, 0.3) is 11.0 Å². The van der Waals surface area contributed by atoms with Gasteiger partial charge in [-0.2, -0.15) is 4.31 Å². The van der Waals surface area contributed by atoms with Crippen molar-refractivity contribution in [1.82, 2.24) is 4.31 Å². The highest BCUT2D eigenvalue weighted by Crippen LogP contribution is 2.29. The second-order valence-corrected chi connectivity index (χ2v) is 9.14. The van der Waals surface area contributed by atoms with Crippen molar-refractivity contribution in [3.8, 4) is 0 Å². The summed E-state index contributed by atoms with van der Waals surface area (Å²) in [5.74, 6) is -0.583. The van der Waals surface area contributed by atoms with E-state index in [1.54, 1.807) is 0 Å². The molecular formula is C19H21NO6S. The highest BCUT2D eigenvalue weighted by atomic mass is 32.2. The highest BCUT2D eigenvalue weighted by molar-refractivity contribution is 7.88. The van der Waals surface area contributed by atoms with E-state index < -0.39 is 27.7 Å². The van der Waals surface area contributed by atoms with Gasteiger partial charge in [-0.3, -0.25) is 4.79 Å². The van der Waals surface area contributed by atoms with E-state index in [2.05, 4.69) is 0 Å². The first kappa shape index (κ1) is 18.2. The quantitative estimate of drug-likeness (QED) is 0.582. The van der Waals surface area contributed by atoms with Gasteiger partial charge in [-0.1, -0.05) is 0 Å². The summed E-state index contributed by atoms with van der Waals surface area (Å²) >= 11 is 0. The van der Waals surface area contributed by atoms with Gasteiger partial charge in [0.05, 0.1) is 6.26 Å². The van der Waals surface area contributed by atoms with Gasteiger partial charge >= 0.3 is 11.6 Å². The Kier molecular flexibility index (Phi) is 4.55. The Hall–Kier alpha value is -2.19. The number of hydrogen-bond donors (Lipinski definition) is 0. The molecule has 0 amide bonds. The summed E-state index contributed by atoms with van der Waals surface area (Å²) in [5, 5.41) is 0.759. The predicted octanol–water partition coefficient (Wildman–Crippen LogP) is 1.75. The molecule has 1 aromatic carbocycles. The summed E-state index contributed by atoms with van der Waals surface area (Å²) in [6.07, 6.45) is 5.18. The Morgan fingerprint density at radius 3 is 2.70 bits per heavy atom. The second-order valence-electron chi connectivity index (χ2n) is 7.20. The lowest BCUT2D eigenvalue weighted by Gasteiger charge is -2.20. The molecule has 1 fully saturated rings. The summed E-state index contributed by atoms with van der Waals surface area (Å²) in [6.45, 7) is 0.233. The molecule has 1 aromatic heterocycles. The topological polar surface area (TPSA) is 93.9 Å². The molecule has 1 atom stereocenters. The van der Waals surface area contributed by atoms with Crippen LogP contribution in [0.2, 0.25) is 0 Å². The molecule has 2 heterocycles. The van der Waals surface area contributed by atoms with E-state index in [9.17, 15) is 18.0 Å². The minimum Gasteiger partial charge on any atom is -0.460 e. The number of hydrogen-bond acceptors (Lipinski definition) is 6. The van der Waals surface area contributed by atoms with Gasteiger partial charge < -0.3 is 9.15 Å². The number of carbonyl (C=O) groups is 1. The summed E-state index contributed by atoms with van der Waals surface area (Å²) in [4.78, 5) is 24.3. The van der Waals surface area contributed by atoms with Crippen molar-refractivity contribution in [1.29, 1.82) is 0 Å². The minimum atomic E-state index is -3.46. The highest BCUT2D eigenvalue weighted by Gasteiger charge is 2.37. The zero-order valence-electron chi connectivity index (χ0n) is 15.1. The SMILES string of the molecule is CS(=O)(=O)N1CCCC1C(=O)OCc1cc(=O)oc2cc3c(cc12)CCC3. The van der Waals surface area contributed by atoms with Crippen molar-refractivity contribution >= 4 is 27.0 Å². The molecule has 1 aliphatic heterocycles. The molecule has 2 aromatic rings. The Labute approximate surface area is 157 Å². The van der Waals surface area contributed by atoms with Crippen molar-refractivity contribution in [2.24, 2.45) is 0 Å². The van der Waals surface area contributed by atoms with Gasteiger partial charge in [-0.05, 0) is 55.4 Å². The first-order chi connectivity index (χ1) is 12.8. The third kappa shape index (κ3) is 3.51. The molecule has 0 saturated carbocycles. The average molecular weight is 391 g/mol. The lowest BCUT2D eigenvalue weighted by Crippen LogP contribution is -2.40. The summed E-state index contributed by atoms with van der Waals surface area (Å²) in [6, 6.07) is 4.44. The molecule has 1 aliphatic carbocycles. The molecule has 0 radical (unpaired) electrons. The third-order valence-electron chi connectivity index (χ3n) is 5.31. The Morgan fingerprint density at radius 1 is 1.22 bits per heavy atom. The number of carbonyl (C=O) groups excluding carboxylic acids is 1. The summed E-state index contributed by atoms with van der Waals surface area (Å²) in [5.41, 5.74) is 2.99. The Bertz CT molecular complexity index is 1070. The number of benzene rings is 1. The fourth-order valence-corrected chi connectivity index (χ4v) is 5.15. The molecule has 2 aliphatic rings. The average Bonchev–Trinajstić information content (AvgIpc) is 3.25. The number of esters is 1. The summed E-state index contributed by atoms with van der Waals surface area (Å²) in [7, 11) is -3.46. The van der Waals surface area contributed by atoms with Crippen LogP contribution < -0.4 is 5.63 Å². The first-order valence-corrected chi connectivity index (χ1v) is 10.9. The van der Waals surface area contributed by atoms with Gasteiger partial charge in [0.2, 0.25) is 10.0 Å². The van der Waals surface area contributed by atoms with Crippen LogP contribution in [-0.2, 0) is 39.0 Å². The van der Waals surface area contributed by atoms with Crippen LogP contribution in [-0.4, -0.2) is 37.5 Å². The minimum absolute atomic E-state index is 0.0895. The van der Waals surface area contributed by atoms with E-state index in [-0.39, 0.29) is 6.61 Å². The molecule has 4 rings (SSSR count). The molecule has 7 nitrogen and oxygen atoms in total. The van der Waals surface area contributed by atoms with E-state index >= 15 is 0 Å². The molecule has 27 heavy (non-hydrogen) atoms. The number of ether oxygens (including phenoxy) is 1. The Balaban J connectivity index is 1.59. The maximum absolute atomic E-state index is 12.5. The lowest BCUT2D eigenvalue weighted by atomic mass is 10.0. The molecule has 0 spiro atoms. The molecule has 1 unspecified atom stereocenters. The fraction of sp³-hybridized carbons (Fsp3) is 0.474. The van der Waals surface area contributed by atoms with Gasteiger partial charge in [0, 0.05) is 23.6 Å². The van der Waals surface area contributed by atoms with Crippen LogP contribution in [0.4, 0.5) is 0 Å². The van der Waals surface area contributed by atoms with Gasteiger partial charge in [0.25, 0.3) is 0 Å². The zero-order chi connectivity index (χ0) is 19.2. The Morgan fingerprint density at radius 2 is 1.96 bits per heavy atom. The van der Waals surface area contributed by atoms with Crippen LogP contribution in [0, 0.1) is 0 Å². The van der Waals surface area contributed by atoms with Crippen molar-refractivity contribution in [2.45, 2.75) is 44.8 Å². The van der Waals surface area contributed by atoms with Crippen LogP contribution in [0.5, 0.6) is 0 Å². The van der Waals surface area contributed by atoms with Gasteiger partial charge in [-0.15, -0.1) is 0 Å². The van der Waals surface area contributed by atoms with Crippen molar-refractivity contribution in [3.63, 3.8) is 0 Å². The van der Waals surface area contributed by atoms with E-state index in [1.807, 2.05) is 12.1 Å². The van der Waals surface area contributed by atoms with Gasteiger partial charge in [0.1, 0.15) is 18.2 Å². The second kappa shape index (κ2) is 6.76. The van der Waals surface area contributed by atoms with Crippen molar-refractivity contribution in [3.05, 3.63) is 45.3 Å². The van der Waals surface area contributed by atoms with Gasteiger partial charge in [-0.25, -0.2) is 13.2 Å².